The van der Waals surface area contributed by atoms with Gasteiger partial charge in [0.05, 0.1) is 6.42 Å². The molecule has 1 aromatic rings. The highest BCUT2D eigenvalue weighted by Gasteiger charge is 2.28. The van der Waals surface area contributed by atoms with Crippen LogP contribution in [0.1, 0.15) is 25.3 Å². The maximum atomic E-state index is 13.9. The van der Waals surface area contributed by atoms with Gasteiger partial charge in [0, 0.05) is 20.1 Å². The molecular weight excluding hydrogens is 291 g/mol. The van der Waals surface area contributed by atoms with Crippen LogP contribution in [-0.2, 0) is 6.54 Å². The van der Waals surface area contributed by atoms with E-state index in [0.29, 0.717) is 12.1 Å². The Kier molecular flexibility index (Phi) is 6.39. The second-order valence-electron chi connectivity index (χ2n) is 4.87. The minimum absolute atomic E-state index is 0.314. The molecule has 7 heteroatoms. The van der Waals surface area contributed by atoms with Crippen LogP contribution in [0.4, 0.5) is 27.6 Å². The number of hydrogen-bond acceptors (Lipinski definition) is 2. The van der Waals surface area contributed by atoms with E-state index < -0.39 is 36.5 Å². The van der Waals surface area contributed by atoms with Gasteiger partial charge in [0.2, 0.25) is 0 Å². The Morgan fingerprint density at radius 2 is 1.71 bits per heavy atom. The summed E-state index contributed by atoms with van der Waals surface area (Å²) in [6, 6.07) is 2.29. The van der Waals surface area contributed by atoms with Crippen LogP contribution in [0.5, 0.6) is 0 Å². The molecule has 0 aliphatic heterocycles. The van der Waals surface area contributed by atoms with Crippen LogP contribution in [0.25, 0.3) is 0 Å². The third-order valence-electron chi connectivity index (χ3n) is 2.94. The fraction of sp³-hybridized carbons (Fsp3) is 0.571. The van der Waals surface area contributed by atoms with E-state index >= 15 is 0 Å². The Morgan fingerprint density at radius 1 is 1.14 bits per heavy atom. The minimum Gasteiger partial charge on any atom is -0.370 e. The summed E-state index contributed by atoms with van der Waals surface area (Å²) in [5, 5.41) is 3.00. The summed E-state index contributed by atoms with van der Waals surface area (Å²) in [5.74, 6) is -1.71. The largest absolute Gasteiger partial charge is 0.390 e. The maximum absolute atomic E-state index is 13.9. The first-order valence-electron chi connectivity index (χ1n) is 6.71. The standard InChI is InChI=1S/C14H19F5N2/c1-3-5-20-9-10-7-11(15)13(12(16)8-10)21(2)6-4-14(17,18)19/h7-8,20H,3-6,9H2,1-2H3. The van der Waals surface area contributed by atoms with Crippen molar-refractivity contribution in [2.75, 3.05) is 25.0 Å². The van der Waals surface area contributed by atoms with Crippen molar-refractivity contribution >= 4 is 5.69 Å². The summed E-state index contributed by atoms with van der Waals surface area (Å²) in [7, 11) is 1.24. The zero-order chi connectivity index (χ0) is 16.0. The lowest BCUT2D eigenvalue weighted by Gasteiger charge is -2.22. The van der Waals surface area contributed by atoms with Crippen LogP contribution in [0, 0.1) is 11.6 Å². The monoisotopic (exact) mass is 310 g/mol. The third-order valence-corrected chi connectivity index (χ3v) is 2.94. The van der Waals surface area contributed by atoms with Gasteiger partial charge in [-0.15, -0.1) is 0 Å². The highest BCUT2D eigenvalue weighted by molar-refractivity contribution is 5.50. The summed E-state index contributed by atoms with van der Waals surface area (Å²) in [4.78, 5) is 0.946. The van der Waals surface area contributed by atoms with Crippen LogP contribution >= 0.6 is 0 Å². The van der Waals surface area contributed by atoms with Gasteiger partial charge in [-0.1, -0.05) is 6.92 Å². The number of anilines is 1. The lowest BCUT2D eigenvalue weighted by Crippen LogP contribution is -2.26. The van der Waals surface area contributed by atoms with Crippen molar-refractivity contribution in [3.05, 3.63) is 29.3 Å². The first-order valence-corrected chi connectivity index (χ1v) is 6.71. The molecule has 0 atom stereocenters. The quantitative estimate of drug-likeness (QED) is 0.608. The predicted octanol–water partition coefficient (Wildman–Crippen LogP) is 3.85. The van der Waals surface area contributed by atoms with E-state index in [1.54, 1.807) is 0 Å². The van der Waals surface area contributed by atoms with Crippen molar-refractivity contribution < 1.29 is 22.0 Å². The molecule has 1 aromatic carbocycles. The normalized spacial score (nSPS) is 11.8. The molecule has 1 rings (SSSR count). The molecule has 0 heterocycles. The number of hydrogen-bond donors (Lipinski definition) is 1. The van der Waals surface area contributed by atoms with Gasteiger partial charge >= 0.3 is 6.18 Å². The van der Waals surface area contributed by atoms with Crippen molar-refractivity contribution in [3.63, 3.8) is 0 Å². The summed E-state index contributed by atoms with van der Waals surface area (Å²) in [6.07, 6.45) is -4.59. The van der Waals surface area contributed by atoms with E-state index in [2.05, 4.69) is 5.32 Å². The smallest absolute Gasteiger partial charge is 0.370 e. The highest BCUT2D eigenvalue weighted by atomic mass is 19.4. The first-order chi connectivity index (χ1) is 9.74. The molecule has 0 fully saturated rings. The second-order valence-corrected chi connectivity index (χ2v) is 4.87. The van der Waals surface area contributed by atoms with Crippen LogP contribution in [0.15, 0.2) is 12.1 Å². The zero-order valence-corrected chi connectivity index (χ0v) is 12.0. The second kappa shape index (κ2) is 7.59. The summed E-state index contributed by atoms with van der Waals surface area (Å²) < 4.78 is 64.2. The Morgan fingerprint density at radius 3 is 2.19 bits per heavy atom. The molecule has 0 spiro atoms. The number of nitrogens with zero attached hydrogens (tertiary/aromatic N) is 1. The van der Waals surface area contributed by atoms with E-state index in [1.165, 1.54) is 7.05 Å². The van der Waals surface area contributed by atoms with Gasteiger partial charge < -0.3 is 10.2 Å². The van der Waals surface area contributed by atoms with Crippen molar-refractivity contribution in [2.24, 2.45) is 0 Å². The van der Waals surface area contributed by atoms with Crippen molar-refractivity contribution in [1.82, 2.24) is 5.32 Å². The number of nitrogens with one attached hydrogen (secondary N) is 1. The summed E-state index contributed by atoms with van der Waals surface area (Å²) in [5.41, 5.74) is -0.00934. The summed E-state index contributed by atoms with van der Waals surface area (Å²) in [6.45, 7) is 2.50. The van der Waals surface area contributed by atoms with E-state index in [0.717, 1.165) is 30.0 Å². The molecule has 0 unspecified atom stereocenters. The van der Waals surface area contributed by atoms with Gasteiger partial charge in [-0.2, -0.15) is 13.2 Å². The molecule has 2 nitrogen and oxygen atoms in total. The van der Waals surface area contributed by atoms with E-state index in [-0.39, 0.29) is 0 Å². The summed E-state index contributed by atoms with van der Waals surface area (Å²) >= 11 is 0. The molecular formula is C14H19F5N2. The van der Waals surface area contributed by atoms with Crippen molar-refractivity contribution in [1.29, 1.82) is 0 Å². The Hall–Kier alpha value is -1.37. The topological polar surface area (TPSA) is 15.3 Å². The third kappa shape index (κ3) is 5.87. The van der Waals surface area contributed by atoms with Gasteiger partial charge in [-0.05, 0) is 30.7 Å². The van der Waals surface area contributed by atoms with Crippen molar-refractivity contribution in [2.45, 2.75) is 32.5 Å². The average Bonchev–Trinajstić information content (AvgIpc) is 2.35. The molecule has 21 heavy (non-hydrogen) atoms. The van der Waals surface area contributed by atoms with E-state index in [9.17, 15) is 22.0 Å². The SMILES string of the molecule is CCCNCc1cc(F)c(N(C)CCC(F)(F)F)c(F)c1. The van der Waals surface area contributed by atoms with E-state index in [1.807, 2.05) is 6.92 Å². The fourth-order valence-corrected chi connectivity index (χ4v) is 1.90. The minimum atomic E-state index is -4.36. The van der Waals surface area contributed by atoms with Crippen LogP contribution in [0.3, 0.4) is 0 Å². The van der Waals surface area contributed by atoms with Crippen LogP contribution in [-0.4, -0.2) is 26.3 Å². The predicted molar refractivity (Wildman–Crippen MR) is 72.3 cm³/mol. The van der Waals surface area contributed by atoms with Gasteiger partial charge in [0.25, 0.3) is 0 Å². The van der Waals surface area contributed by atoms with E-state index in [4.69, 9.17) is 0 Å². The molecule has 0 bridgehead atoms. The molecule has 0 aromatic heterocycles. The Balaban J connectivity index is 2.79. The molecule has 0 amide bonds. The van der Waals surface area contributed by atoms with Crippen molar-refractivity contribution in [3.8, 4) is 0 Å². The molecule has 0 aliphatic rings. The zero-order valence-electron chi connectivity index (χ0n) is 12.0. The molecule has 120 valence electrons. The molecule has 0 aliphatic carbocycles. The molecule has 0 radical (unpaired) electrons. The number of rotatable bonds is 7. The number of benzene rings is 1. The average molecular weight is 310 g/mol. The Bertz CT molecular complexity index is 436. The molecule has 1 N–H and O–H groups in total. The van der Waals surface area contributed by atoms with Gasteiger partial charge in [0.15, 0.2) is 0 Å². The number of halogens is 5. The van der Waals surface area contributed by atoms with Gasteiger partial charge in [-0.3, -0.25) is 0 Å². The molecule has 0 saturated carbocycles. The van der Waals surface area contributed by atoms with Crippen LogP contribution < -0.4 is 10.2 Å². The highest BCUT2D eigenvalue weighted by Crippen LogP contribution is 2.26. The van der Waals surface area contributed by atoms with Gasteiger partial charge in [0.1, 0.15) is 17.3 Å². The fourth-order valence-electron chi connectivity index (χ4n) is 1.90. The van der Waals surface area contributed by atoms with Gasteiger partial charge in [-0.25, -0.2) is 8.78 Å². The number of alkyl halides is 3. The molecule has 0 saturated heterocycles. The van der Waals surface area contributed by atoms with Crippen LogP contribution in [0.2, 0.25) is 0 Å². The lowest BCUT2D eigenvalue weighted by atomic mass is 10.1. The Labute approximate surface area is 120 Å². The lowest BCUT2D eigenvalue weighted by molar-refractivity contribution is -0.132. The first kappa shape index (κ1) is 17.7. The maximum Gasteiger partial charge on any atom is 0.390 e.